The van der Waals surface area contributed by atoms with Gasteiger partial charge in [-0.3, -0.25) is 4.79 Å². The Hall–Kier alpha value is -2.69. The van der Waals surface area contributed by atoms with Crippen LogP contribution in [0, 0.1) is 0 Å². The van der Waals surface area contributed by atoms with Crippen LogP contribution in [0.5, 0.6) is 5.75 Å². The van der Waals surface area contributed by atoms with Gasteiger partial charge in [0.25, 0.3) is 0 Å². The molecule has 0 fully saturated rings. The highest BCUT2D eigenvalue weighted by Gasteiger charge is 2.33. The standard InChI is InChI=1S/C22H21N5O2S3/c1-2-29-17-7-4-3-6-16(17)27-22(23-24-25-27)32-14-20(28)26-11-9-18-15(10-13-31-18)21(26)19-8-5-12-30-19/h3-8,10,12-13,21H,2,9,11,14H2,1H3/t21-/m1/s1. The number of hydrogen-bond acceptors (Lipinski definition) is 8. The van der Waals surface area contributed by atoms with E-state index in [1.165, 1.54) is 27.1 Å². The number of carbonyl (C=O) groups excluding carboxylic acids is 1. The van der Waals surface area contributed by atoms with Crippen molar-refractivity contribution in [1.29, 1.82) is 0 Å². The van der Waals surface area contributed by atoms with E-state index in [2.05, 4.69) is 38.4 Å². The van der Waals surface area contributed by atoms with Crippen LogP contribution in [0.15, 0.2) is 58.4 Å². The number of thioether (sulfide) groups is 1. The van der Waals surface area contributed by atoms with Crippen molar-refractivity contribution in [2.75, 3.05) is 18.9 Å². The number of carbonyl (C=O) groups is 1. The molecule has 0 saturated heterocycles. The summed E-state index contributed by atoms with van der Waals surface area (Å²) in [6.45, 7) is 3.20. The highest BCUT2D eigenvalue weighted by atomic mass is 32.2. The third-order valence-electron chi connectivity index (χ3n) is 5.26. The molecule has 0 N–H and O–H groups in total. The van der Waals surface area contributed by atoms with Gasteiger partial charge in [0.1, 0.15) is 11.4 Å². The lowest BCUT2D eigenvalue weighted by molar-refractivity contribution is -0.130. The van der Waals surface area contributed by atoms with Crippen LogP contribution < -0.4 is 4.74 Å². The fraction of sp³-hybridized carbons (Fsp3) is 0.273. The predicted molar refractivity (Wildman–Crippen MR) is 127 cm³/mol. The molecule has 0 saturated carbocycles. The molecule has 0 spiro atoms. The molecule has 0 bridgehead atoms. The predicted octanol–water partition coefficient (Wildman–Crippen LogP) is 4.45. The third-order valence-corrected chi connectivity index (χ3v) is 8.08. The van der Waals surface area contributed by atoms with E-state index in [0.717, 1.165) is 12.1 Å². The maximum absolute atomic E-state index is 13.4. The van der Waals surface area contributed by atoms with Gasteiger partial charge in [0.2, 0.25) is 11.1 Å². The summed E-state index contributed by atoms with van der Waals surface area (Å²) in [6, 6.07) is 13.9. The van der Waals surface area contributed by atoms with Crippen molar-refractivity contribution >= 4 is 40.3 Å². The summed E-state index contributed by atoms with van der Waals surface area (Å²) in [5, 5.41) is 16.9. The Labute approximate surface area is 198 Å². The lowest BCUT2D eigenvalue weighted by atomic mass is 9.98. The summed E-state index contributed by atoms with van der Waals surface area (Å²) in [6.07, 6.45) is 0.894. The van der Waals surface area contributed by atoms with Crippen molar-refractivity contribution in [2.45, 2.75) is 24.5 Å². The molecule has 1 aliphatic heterocycles. The molecule has 10 heteroatoms. The van der Waals surface area contributed by atoms with Crippen molar-refractivity contribution in [1.82, 2.24) is 25.1 Å². The summed E-state index contributed by atoms with van der Waals surface area (Å²) in [5.74, 6) is 1.05. The number of para-hydroxylation sites is 2. The summed E-state index contributed by atoms with van der Waals surface area (Å²) < 4.78 is 7.35. The van der Waals surface area contributed by atoms with E-state index in [0.29, 0.717) is 24.1 Å². The Balaban J connectivity index is 1.36. The topological polar surface area (TPSA) is 73.1 Å². The van der Waals surface area contributed by atoms with Crippen molar-refractivity contribution in [3.8, 4) is 11.4 Å². The maximum atomic E-state index is 13.4. The second kappa shape index (κ2) is 9.43. The SMILES string of the molecule is CCOc1ccccc1-n1nnnc1SCC(=O)N1CCc2sccc2[C@@H]1c1cccs1. The van der Waals surface area contributed by atoms with E-state index in [-0.39, 0.29) is 17.7 Å². The molecule has 1 aromatic carbocycles. The van der Waals surface area contributed by atoms with Crippen LogP contribution in [0.25, 0.3) is 5.69 Å². The molecular formula is C22H21N5O2S3. The van der Waals surface area contributed by atoms with E-state index in [1.807, 2.05) is 42.2 Å². The van der Waals surface area contributed by atoms with Gasteiger partial charge in [-0.25, -0.2) is 0 Å². The molecule has 3 aromatic heterocycles. The van der Waals surface area contributed by atoms with E-state index >= 15 is 0 Å². The molecule has 1 aliphatic rings. The molecule has 0 aliphatic carbocycles. The molecule has 4 heterocycles. The van der Waals surface area contributed by atoms with Crippen LogP contribution in [0.4, 0.5) is 0 Å². The van der Waals surface area contributed by atoms with Crippen LogP contribution in [-0.4, -0.2) is 49.9 Å². The van der Waals surface area contributed by atoms with Gasteiger partial charge in [-0.05, 0) is 64.4 Å². The molecule has 164 valence electrons. The molecule has 4 aromatic rings. The zero-order chi connectivity index (χ0) is 21.9. The smallest absolute Gasteiger partial charge is 0.233 e. The zero-order valence-corrected chi connectivity index (χ0v) is 19.8. The van der Waals surface area contributed by atoms with E-state index in [4.69, 9.17) is 4.74 Å². The number of hydrogen-bond donors (Lipinski definition) is 0. The first kappa shape index (κ1) is 21.2. The Bertz CT molecular complexity index is 1200. The van der Waals surface area contributed by atoms with Crippen LogP contribution in [0.2, 0.25) is 0 Å². The minimum atomic E-state index is -0.0206. The molecule has 0 radical (unpaired) electrons. The molecule has 5 rings (SSSR count). The first-order valence-corrected chi connectivity index (χ1v) is 13.0. The lowest BCUT2D eigenvalue weighted by Crippen LogP contribution is -2.40. The van der Waals surface area contributed by atoms with E-state index < -0.39 is 0 Å². The van der Waals surface area contributed by atoms with Gasteiger partial charge in [-0.1, -0.05) is 30.0 Å². The summed E-state index contributed by atoms with van der Waals surface area (Å²) in [5.41, 5.74) is 2.00. The molecule has 1 atom stereocenters. The molecule has 32 heavy (non-hydrogen) atoms. The van der Waals surface area contributed by atoms with E-state index in [1.54, 1.807) is 27.4 Å². The number of ether oxygens (including phenoxy) is 1. The van der Waals surface area contributed by atoms with Gasteiger partial charge in [-0.2, -0.15) is 4.68 Å². The lowest BCUT2D eigenvalue weighted by Gasteiger charge is -2.35. The Morgan fingerprint density at radius 1 is 1.19 bits per heavy atom. The van der Waals surface area contributed by atoms with Gasteiger partial charge >= 0.3 is 0 Å². The first-order valence-electron chi connectivity index (χ1n) is 10.3. The van der Waals surface area contributed by atoms with Crippen molar-refractivity contribution < 1.29 is 9.53 Å². The number of fused-ring (bicyclic) bond motifs is 1. The fourth-order valence-electron chi connectivity index (χ4n) is 3.88. The van der Waals surface area contributed by atoms with Gasteiger partial charge in [0, 0.05) is 16.3 Å². The van der Waals surface area contributed by atoms with Crippen LogP contribution in [0.1, 0.15) is 28.3 Å². The highest BCUT2D eigenvalue weighted by molar-refractivity contribution is 7.99. The average molecular weight is 484 g/mol. The van der Waals surface area contributed by atoms with Crippen LogP contribution in [-0.2, 0) is 11.2 Å². The Morgan fingerprint density at radius 3 is 2.94 bits per heavy atom. The monoisotopic (exact) mass is 483 g/mol. The van der Waals surface area contributed by atoms with Crippen molar-refractivity contribution in [3.05, 3.63) is 68.5 Å². The Kier molecular flexibility index (Phi) is 6.24. The summed E-state index contributed by atoms with van der Waals surface area (Å²) in [4.78, 5) is 17.9. The minimum Gasteiger partial charge on any atom is -0.492 e. The number of tetrazole rings is 1. The van der Waals surface area contributed by atoms with Crippen molar-refractivity contribution in [3.63, 3.8) is 0 Å². The second-order valence-electron chi connectivity index (χ2n) is 7.12. The van der Waals surface area contributed by atoms with Crippen LogP contribution >= 0.6 is 34.4 Å². The third kappa shape index (κ3) is 4.05. The highest BCUT2D eigenvalue weighted by Crippen LogP contribution is 2.40. The number of thiophene rings is 2. The number of amides is 1. The minimum absolute atomic E-state index is 0.0206. The number of rotatable bonds is 7. The van der Waals surface area contributed by atoms with Crippen LogP contribution in [0.3, 0.4) is 0 Å². The first-order chi connectivity index (χ1) is 15.8. The summed E-state index contributed by atoms with van der Waals surface area (Å²) in [7, 11) is 0. The van der Waals surface area contributed by atoms with Crippen molar-refractivity contribution in [2.24, 2.45) is 0 Å². The average Bonchev–Trinajstić information content (AvgIpc) is 3.59. The number of nitrogens with zero attached hydrogens (tertiary/aromatic N) is 5. The van der Waals surface area contributed by atoms with Gasteiger partial charge in [-0.15, -0.1) is 27.8 Å². The second-order valence-corrected chi connectivity index (χ2v) is 10.0. The number of benzene rings is 1. The molecular weight excluding hydrogens is 462 g/mol. The molecule has 0 unspecified atom stereocenters. The van der Waals surface area contributed by atoms with Gasteiger partial charge < -0.3 is 9.64 Å². The summed E-state index contributed by atoms with van der Waals surface area (Å²) >= 11 is 4.81. The quantitative estimate of drug-likeness (QED) is 0.362. The Morgan fingerprint density at radius 2 is 2.09 bits per heavy atom. The molecule has 1 amide bonds. The maximum Gasteiger partial charge on any atom is 0.233 e. The zero-order valence-electron chi connectivity index (χ0n) is 17.4. The van der Waals surface area contributed by atoms with Gasteiger partial charge in [0.15, 0.2) is 0 Å². The normalized spacial score (nSPS) is 15.5. The number of aromatic nitrogens is 4. The fourth-order valence-corrected chi connectivity index (χ4v) is 6.41. The molecule has 7 nitrogen and oxygen atoms in total. The van der Waals surface area contributed by atoms with E-state index in [9.17, 15) is 4.79 Å². The van der Waals surface area contributed by atoms with Gasteiger partial charge in [0.05, 0.1) is 18.4 Å². The largest absolute Gasteiger partial charge is 0.492 e.